The topological polar surface area (TPSA) is 96.6 Å². The van der Waals surface area contributed by atoms with Crippen molar-refractivity contribution < 1.29 is 22.7 Å². The van der Waals surface area contributed by atoms with Crippen molar-refractivity contribution in [1.29, 1.82) is 0 Å². The molecule has 0 amide bonds. The molecule has 0 saturated heterocycles. The van der Waals surface area contributed by atoms with E-state index in [0.717, 1.165) is 12.5 Å². The number of hydrogen-bond acceptors (Lipinski definition) is 4. The molecule has 114 valence electrons. The minimum atomic E-state index is -3.81. The van der Waals surface area contributed by atoms with E-state index in [1.54, 1.807) is 6.92 Å². The second-order valence-corrected chi connectivity index (χ2v) is 7.23. The van der Waals surface area contributed by atoms with Crippen LogP contribution in [-0.2, 0) is 10.0 Å². The summed E-state index contributed by atoms with van der Waals surface area (Å²) >= 11 is 2.93. The zero-order chi connectivity index (χ0) is 15.5. The second kappa shape index (κ2) is 6.73. The highest BCUT2D eigenvalue weighted by Crippen LogP contribution is 2.26. The number of furan rings is 1. The first-order chi connectivity index (χ1) is 9.17. The molecule has 6 nitrogen and oxygen atoms in total. The number of carboxylic acids is 1. The van der Waals surface area contributed by atoms with Crippen molar-refractivity contribution in [3.63, 3.8) is 0 Å². The Hall–Kier alpha value is -0.860. The van der Waals surface area contributed by atoms with E-state index < -0.39 is 21.8 Å². The number of hydrogen-bond donors (Lipinski definition) is 2. The molecule has 0 spiro atoms. The summed E-state index contributed by atoms with van der Waals surface area (Å²) in [5.74, 6) is -1.35. The van der Waals surface area contributed by atoms with Gasteiger partial charge in [0.05, 0.1) is 0 Å². The molecule has 1 aromatic heterocycles. The third kappa shape index (κ3) is 4.32. The maximum atomic E-state index is 12.2. The van der Waals surface area contributed by atoms with Gasteiger partial charge in [-0.05, 0) is 35.2 Å². The first-order valence-electron chi connectivity index (χ1n) is 6.22. The molecule has 1 rings (SSSR count). The zero-order valence-corrected chi connectivity index (χ0v) is 13.9. The monoisotopic (exact) mass is 367 g/mol. The molecular formula is C12H18BrNO5S. The Kier molecular flexibility index (Phi) is 5.79. The van der Waals surface area contributed by atoms with Gasteiger partial charge in [0.15, 0.2) is 4.67 Å². The van der Waals surface area contributed by atoms with Crippen molar-refractivity contribution in [2.45, 2.75) is 44.6 Å². The number of sulfonamides is 1. The van der Waals surface area contributed by atoms with Crippen LogP contribution in [0.5, 0.6) is 0 Å². The zero-order valence-electron chi connectivity index (χ0n) is 11.5. The van der Waals surface area contributed by atoms with Gasteiger partial charge in [0, 0.05) is 12.1 Å². The van der Waals surface area contributed by atoms with E-state index in [9.17, 15) is 13.2 Å². The number of rotatable bonds is 7. The molecule has 0 bridgehead atoms. The third-order valence-corrected chi connectivity index (χ3v) is 5.41. The van der Waals surface area contributed by atoms with Gasteiger partial charge in [0.25, 0.3) is 0 Å². The van der Waals surface area contributed by atoms with Gasteiger partial charge in [-0.15, -0.1) is 0 Å². The lowest BCUT2D eigenvalue weighted by molar-refractivity contribution is 0.0661. The van der Waals surface area contributed by atoms with Crippen LogP contribution in [0.3, 0.4) is 0 Å². The van der Waals surface area contributed by atoms with Crippen molar-refractivity contribution in [3.8, 4) is 0 Å². The van der Waals surface area contributed by atoms with Crippen molar-refractivity contribution in [1.82, 2.24) is 4.72 Å². The SMILES string of the molecule is CCC(C)CC(C)NS(=O)(=O)c1cc(C(=O)O)oc1Br. The maximum Gasteiger partial charge on any atom is 0.371 e. The highest BCUT2D eigenvalue weighted by Gasteiger charge is 2.26. The number of halogens is 1. The Bertz CT molecular complexity index is 581. The summed E-state index contributed by atoms with van der Waals surface area (Å²) < 4.78 is 31.6. The summed E-state index contributed by atoms with van der Waals surface area (Å²) in [6.07, 6.45) is 1.67. The summed E-state index contributed by atoms with van der Waals surface area (Å²) in [7, 11) is -3.81. The molecule has 0 aliphatic rings. The van der Waals surface area contributed by atoms with E-state index in [1.165, 1.54) is 0 Å². The largest absolute Gasteiger partial charge is 0.475 e. The van der Waals surface area contributed by atoms with E-state index in [2.05, 4.69) is 20.7 Å². The van der Waals surface area contributed by atoms with E-state index in [0.29, 0.717) is 12.3 Å². The van der Waals surface area contributed by atoms with E-state index in [-0.39, 0.29) is 15.6 Å². The number of carbonyl (C=O) groups is 1. The molecule has 8 heteroatoms. The van der Waals surface area contributed by atoms with Crippen LogP contribution >= 0.6 is 15.9 Å². The van der Waals surface area contributed by atoms with Gasteiger partial charge >= 0.3 is 5.97 Å². The lowest BCUT2D eigenvalue weighted by atomic mass is 10.0. The van der Waals surface area contributed by atoms with Crippen LogP contribution < -0.4 is 4.72 Å². The molecule has 0 fully saturated rings. The predicted molar refractivity (Wildman–Crippen MR) is 77.2 cm³/mol. The van der Waals surface area contributed by atoms with Crippen molar-refractivity contribution >= 4 is 31.9 Å². The fraction of sp³-hybridized carbons (Fsp3) is 0.583. The Labute approximate surface area is 126 Å². The molecule has 2 unspecified atom stereocenters. The Morgan fingerprint density at radius 2 is 2.10 bits per heavy atom. The summed E-state index contributed by atoms with van der Waals surface area (Å²) in [4.78, 5) is 10.6. The van der Waals surface area contributed by atoms with Gasteiger partial charge in [-0.25, -0.2) is 17.9 Å². The lowest BCUT2D eigenvalue weighted by Gasteiger charge is -2.17. The van der Waals surface area contributed by atoms with Gasteiger partial charge in [-0.1, -0.05) is 20.3 Å². The Morgan fingerprint density at radius 3 is 2.55 bits per heavy atom. The quantitative estimate of drug-likeness (QED) is 0.772. The highest BCUT2D eigenvalue weighted by molar-refractivity contribution is 9.10. The molecule has 2 atom stereocenters. The fourth-order valence-corrected chi connectivity index (χ4v) is 3.98. The van der Waals surface area contributed by atoms with Crippen LogP contribution in [0, 0.1) is 5.92 Å². The van der Waals surface area contributed by atoms with Crippen LogP contribution in [0.15, 0.2) is 20.0 Å². The van der Waals surface area contributed by atoms with Crippen molar-refractivity contribution in [2.75, 3.05) is 0 Å². The fourth-order valence-electron chi connectivity index (χ4n) is 1.79. The summed E-state index contributed by atoms with van der Waals surface area (Å²) in [5.41, 5.74) is 0. The van der Waals surface area contributed by atoms with Crippen LogP contribution in [0.1, 0.15) is 44.2 Å². The van der Waals surface area contributed by atoms with E-state index in [1.807, 2.05) is 13.8 Å². The normalized spacial score (nSPS) is 15.0. The second-order valence-electron chi connectivity index (χ2n) is 4.83. The van der Waals surface area contributed by atoms with Crippen molar-refractivity contribution in [3.05, 3.63) is 16.5 Å². The summed E-state index contributed by atoms with van der Waals surface area (Å²) in [6, 6.07) is 0.745. The molecule has 1 heterocycles. The van der Waals surface area contributed by atoms with Gasteiger partial charge in [0.2, 0.25) is 15.8 Å². The maximum absolute atomic E-state index is 12.2. The third-order valence-electron chi connectivity index (χ3n) is 2.96. The first kappa shape index (κ1) is 17.2. The van der Waals surface area contributed by atoms with Crippen LogP contribution in [0.25, 0.3) is 0 Å². The molecule has 20 heavy (non-hydrogen) atoms. The Morgan fingerprint density at radius 1 is 1.50 bits per heavy atom. The molecule has 0 aromatic carbocycles. The molecule has 0 saturated carbocycles. The van der Waals surface area contributed by atoms with Crippen LogP contribution in [0.2, 0.25) is 0 Å². The Balaban J connectivity index is 2.91. The van der Waals surface area contributed by atoms with E-state index in [4.69, 9.17) is 9.52 Å². The molecule has 0 radical (unpaired) electrons. The van der Waals surface area contributed by atoms with E-state index >= 15 is 0 Å². The standard InChI is InChI=1S/C12H18BrNO5S/c1-4-7(2)5-8(3)14-20(17,18)10-6-9(12(15)16)19-11(10)13/h6-8,14H,4-5H2,1-3H3,(H,15,16). The van der Waals surface area contributed by atoms with Gasteiger partial charge in [-0.2, -0.15) is 0 Å². The van der Waals surface area contributed by atoms with Gasteiger partial charge in [-0.3, -0.25) is 0 Å². The molecule has 0 aliphatic heterocycles. The van der Waals surface area contributed by atoms with Crippen molar-refractivity contribution in [2.24, 2.45) is 5.92 Å². The average Bonchev–Trinajstić information content (AvgIpc) is 2.71. The van der Waals surface area contributed by atoms with Crippen LogP contribution in [0.4, 0.5) is 0 Å². The number of aromatic carboxylic acids is 1. The molecule has 1 aromatic rings. The molecular weight excluding hydrogens is 350 g/mol. The summed E-state index contributed by atoms with van der Waals surface area (Å²) in [6.45, 7) is 5.86. The summed E-state index contributed by atoms with van der Waals surface area (Å²) in [5, 5.41) is 8.79. The smallest absolute Gasteiger partial charge is 0.371 e. The molecule has 2 N–H and O–H groups in total. The average molecular weight is 368 g/mol. The predicted octanol–water partition coefficient (Wildman–Crippen LogP) is 2.84. The highest BCUT2D eigenvalue weighted by atomic mass is 79.9. The number of nitrogens with one attached hydrogen (secondary N) is 1. The minimum absolute atomic E-state index is 0.113. The lowest BCUT2D eigenvalue weighted by Crippen LogP contribution is -2.33. The van der Waals surface area contributed by atoms with Crippen LogP contribution in [-0.4, -0.2) is 25.5 Å². The minimum Gasteiger partial charge on any atom is -0.475 e. The van der Waals surface area contributed by atoms with Gasteiger partial charge in [0.1, 0.15) is 4.90 Å². The molecule has 0 aliphatic carbocycles. The first-order valence-corrected chi connectivity index (χ1v) is 8.50. The number of carboxylic acid groups (broad SMARTS) is 1. The van der Waals surface area contributed by atoms with Gasteiger partial charge < -0.3 is 9.52 Å².